The van der Waals surface area contributed by atoms with Gasteiger partial charge >= 0.3 is 0 Å². The van der Waals surface area contributed by atoms with E-state index in [1.165, 1.54) is 58.0 Å². The normalized spacial score (nSPS) is 38.6. The number of nitrogens with zero attached hydrogens (tertiary/aromatic N) is 1. The Hall–Kier alpha value is -0.160. The van der Waals surface area contributed by atoms with Crippen LogP contribution >= 0.6 is 0 Å². The standard InChI is InChI=1S/C17H32N2O2/c1-13-4-6-15(7-5-13)21-12-14(20)11-18-16-8-10-19-9-2-3-17(16)19/h13-18,20H,2-12H2,1H3. The van der Waals surface area contributed by atoms with Crippen LogP contribution in [0, 0.1) is 5.92 Å². The van der Waals surface area contributed by atoms with Gasteiger partial charge in [0, 0.05) is 25.2 Å². The van der Waals surface area contributed by atoms with Crippen molar-refractivity contribution in [1.82, 2.24) is 10.2 Å². The number of fused-ring (bicyclic) bond motifs is 1. The summed E-state index contributed by atoms with van der Waals surface area (Å²) in [6.45, 7) is 6.00. The third-order valence-electron chi connectivity index (χ3n) is 5.71. The topological polar surface area (TPSA) is 44.7 Å². The van der Waals surface area contributed by atoms with Gasteiger partial charge in [-0.3, -0.25) is 4.90 Å². The summed E-state index contributed by atoms with van der Waals surface area (Å²) in [5.74, 6) is 0.855. The summed E-state index contributed by atoms with van der Waals surface area (Å²) in [5, 5.41) is 13.7. The molecule has 2 heterocycles. The Morgan fingerprint density at radius 3 is 2.76 bits per heavy atom. The number of ether oxygens (including phenoxy) is 1. The van der Waals surface area contributed by atoms with E-state index in [0.29, 0.717) is 25.3 Å². The molecule has 3 atom stereocenters. The molecule has 2 saturated heterocycles. The molecule has 3 fully saturated rings. The molecule has 3 aliphatic rings. The van der Waals surface area contributed by atoms with Crippen molar-refractivity contribution in [1.29, 1.82) is 0 Å². The number of aliphatic hydroxyl groups is 1. The van der Waals surface area contributed by atoms with Gasteiger partial charge in [0.1, 0.15) is 0 Å². The first kappa shape index (κ1) is 15.7. The Bertz CT molecular complexity index is 318. The second-order valence-corrected chi connectivity index (χ2v) is 7.42. The molecular weight excluding hydrogens is 264 g/mol. The van der Waals surface area contributed by atoms with Gasteiger partial charge < -0.3 is 15.2 Å². The summed E-state index contributed by atoms with van der Waals surface area (Å²) in [6.07, 6.45) is 8.81. The number of hydrogen-bond donors (Lipinski definition) is 2. The third kappa shape index (κ3) is 4.19. The largest absolute Gasteiger partial charge is 0.389 e. The van der Waals surface area contributed by atoms with Gasteiger partial charge in [-0.1, -0.05) is 6.92 Å². The lowest BCUT2D eigenvalue weighted by atomic mass is 9.89. The Labute approximate surface area is 129 Å². The predicted molar refractivity (Wildman–Crippen MR) is 84.4 cm³/mol. The van der Waals surface area contributed by atoms with Crippen LogP contribution in [0.3, 0.4) is 0 Å². The van der Waals surface area contributed by atoms with Gasteiger partial charge in [0.2, 0.25) is 0 Å². The molecule has 0 radical (unpaired) electrons. The number of nitrogens with one attached hydrogen (secondary N) is 1. The Morgan fingerprint density at radius 2 is 1.95 bits per heavy atom. The van der Waals surface area contributed by atoms with E-state index in [9.17, 15) is 5.11 Å². The second kappa shape index (κ2) is 7.40. The fraction of sp³-hybridized carbons (Fsp3) is 1.00. The molecule has 1 aliphatic carbocycles. The maximum atomic E-state index is 10.1. The lowest BCUT2D eigenvalue weighted by Crippen LogP contribution is -2.43. The molecule has 2 aliphatic heterocycles. The van der Waals surface area contributed by atoms with Crippen molar-refractivity contribution in [2.45, 2.75) is 76.2 Å². The van der Waals surface area contributed by atoms with E-state index < -0.39 is 0 Å². The van der Waals surface area contributed by atoms with Gasteiger partial charge in [0.15, 0.2) is 0 Å². The summed E-state index contributed by atoms with van der Waals surface area (Å²) in [5.41, 5.74) is 0. The zero-order chi connectivity index (χ0) is 14.7. The van der Waals surface area contributed by atoms with Crippen LogP contribution in [0.4, 0.5) is 0 Å². The van der Waals surface area contributed by atoms with Gasteiger partial charge in [0.25, 0.3) is 0 Å². The van der Waals surface area contributed by atoms with Crippen LogP contribution in [0.5, 0.6) is 0 Å². The molecule has 21 heavy (non-hydrogen) atoms. The molecule has 4 nitrogen and oxygen atoms in total. The maximum absolute atomic E-state index is 10.1. The zero-order valence-corrected chi connectivity index (χ0v) is 13.5. The first-order valence-corrected chi connectivity index (χ1v) is 8.99. The van der Waals surface area contributed by atoms with E-state index in [1.54, 1.807) is 0 Å². The van der Waals surface area contributed by atoms with Crippen LogP contribution in [-0.2, 0) is 4.74 Å². The molecule has 0 aromatic heterocycles. The molecule has 1 saturated carbocycles. The van der Waals surface area contributed by atoms with Crippen molar-refractivity contribution in [2.24, 2.45) is 5.92 Å². The number of hydrogen-bond acceptors (Lipinski definition) is 4. The SMILES string of the molecule is CC1CCC(OCC(O)CNC2CCN3CCCC23)CC1. The molecule has 122 valence electrons. The highest BCUT2D eigenvalue weighted by Gasteiger charge is 2.36. The van der Waals surface area contributed by atoms with E-state index in [2.05, 4.69) is 17.1 Å². The molecule has 0 spiro atoms. The van der Waals surface area contributed by atoms with Crippen molar-refractivity contribution in [3.8, 4) is 0 Å². The summed E-state index contributed by atoms with van der Waals surface area (Å²) in [6, 6.07) is 1.30. The lowest BCUT2D eigenvalue weighted by molar-refractivity contribution is -0.0285. The minimum atomic E-state index is -0.361. The van der Waals surface area contributed by atoms with Gasteiger partial charge in [0.05, 0.1) is 18.8 Å². The monoisotopic (exact) mass is 296 g/mol. The average molecular weight is 296 g/mol. The molecule has 0 bridgehead atoms. The molecular formula is C17H32N2O2. The Morgan fingerprint density at radius 1 is 1.14 bits per heavy atom. The van der Waals surface area contributed by atoms with E-state index in [1.807, 2.05) is 0 Å². The van der Waals surface area contributed by atoms with Crippen LogP contribution in [0.15, 0.2) is 0 Å². The highest BCUT2D eigenvalue weighted by Crippen LogP contribution is 2.28. The number of rotatable bonds is 6. The molecule has 0 amide bonds. The molecule has 2 N–H and O–H groups in total. The van der Waals surface area contributed by atoms with Crippen molar-refractivity contribution in [3.63, 3.8) is 0 Å². The van der Waals surface area contributed by atoms with Crippen LogP contribution in [0.2, 0.25) is 0 Å². The summed E-state index contributed by atoms with van der Waals surface area (Å²) in [7, 11) is 0. The van der Waals surface area contributed by atoms with Crippen LogP contribution in [-0.4, -0.2) is 60.5 Å². The zero-order valence-electron chi connectivity index (χ0n) is 13.5. The Kier molecular flexibility index (Phi) is 5.54. The Balaban J connectivity index is 1.30. The highest BCUT2D eigenvalue weighted by molar-refractivity contribution is 4.95. The molecule has 0 aromatic carbocycles. The fourth-order valence-corrected chi connectivity index (χ4v) is 4.31. The van der Waals surface area contributed by atoms with Gasteiger partial charge in [-0.05, 0) is 57.4 Å². The first-order valence-electron chi connectivity index (χ1n) is 8.99. The van der Waals surface area contributed by atoms with E-state index >= 15 is 0 Å². The fourth-order valence-electron chi connectivity index (χ4n) is 4.31. The minimum absolute atomic E-state index is 0.361. The third-order valence-corrected chi connectivity index (χ3v) is 5.71. The molecule has 4 heteroatoms. The summed E-state index contributed by atoms with van der Waals surface area (Å²) in [4.78, 5) is 2.60. The van der Waals surface area contributed by atoms with E-state index in [0.717, 1.165) is 12.0 Å². The quantitative estimate of drug-likeness (QED) is 0.784. The predicted octanol–water partition coefficient (Wildman–Crippen LogP) is 1.77. The van der Waals surface area contributed by atoms with Crippen LogP contribution in [0.1, 0.15) is 51.9 Å². The van der Waals surface area contributed by atoms with Crippen molar-refractivity contribution in [2.75, 3.05) is 26.2 Å². The van der Waals surface area contributed by atoms with Crippen molar-refractivity contribution < 1.29 is 9.84 Å². The second-order valence-electron chi connectivity index (χ2n) is 7.42. The van der Waals surface area contributed by atoms with Crippen LogP contribution in [0.25, 0.3) is 0 Å². The van der Waals surface area contributed by atoms with Crippen molar-refractivity contribution in [3.05, 3.63) is 0 Å². The first-order chi connectivity index (χ1) is 10.2. The smallest absolute Gasteiger partial charge is 0.0897 e. The highest BCUT2D eigenvalue weighted by atomic mass is 16.5. The van der Waals surface area contributed by atoms with Crippen LogP contribution < -0.4 is 5.32 Å². The average Bonchev–Trinajstić information content (AvgIpc) is 3.08. The van der Waals surface area contributed by atoms with E-state index in [4.69, 9.17) is 4.74 Å². The summed E-state index contributed by atoms with van der Waals surface area (Å²) >= 11 is 0. The molecule has 0 aromatic rings. The van der Waals surface area contributed by atoms with Crippen molar-refractivity contribution >= 4 is 0 Å². The van der Waals surface area contributed by atoms with Gasteiger partial charge in [-0.2, -0.15) is 0 Å². The maximum Gasteiger partial charge on any atom is 0.0897 e. The molecule has 3 rings (SSSR count). The molecule has 3 unspecified atom stereocenters. The van der Waals surface area contributed by atoms with Gasteiger partial charge in [-0.15, -0.1) is 0 Å². The number of aliphatic hydroxyl groups excluding tert-OH is 1. The van der Waals surface area contributed by atoms with Gasteiger partial charge in [-0.25, -0.2) is 0 Å². The minimum Gasteiger partial charge on any atom is -0.389 e. The lowest BCUT2D eigenvalue weighted by Gasteiger charge is -2.27. The van der Waals surface area contributed by atoms with E-state index in [-0.39, 0.29) is 6.10 Å². The summed E-state index contributed by atoms with van der Waals surface area (Å²) < 4.78 is 5.89.